The molecule has 0 aliphatic carbocycles. The van der Waals surface area contributed by atoms with Crippen molar-refractivity contribution in [3.05, 3.63) is 59.7 Å². The number of nitrogens with zero attached hydrogens (tertiary/aromatic N) is 2. The Morgan fingerprint density at radius 3 is 2.35 bits per heavy atom. The second-order valence-corrected chi connectivity index (χ2v) is 5.06. The molecular weight excluding hydrogens is 344 g/mol. The van der Waals surface area contributed by atoms with E-state index in [-0.39, 0.29) is 12.4 Å². The number of rotatable bonds is 7. The Morgan fingerprint density at radius 2 is 1.77 bits per heavy atom. The highest BCUT2D eigenvalue weighted by Crippen LogP contribution is 2.15. The molecule has 1 amide bonds. The fraction of sp³-hybridized carbons (Fsp3) is 0.167. The summed E-state index contributed by atoms with van der Waals surface area (Å²) < 4.78 is 33.7. The van der Waals surface area contributed by atoms with Crippen LogP contribution in [-0.2, 0) is 4.79 Å². The first-order valence-corrected chi connectivity index (χ1v) is 7.49. The maximum atomic E-state index is 12.1. The summed E-state index contributed by atoms with van der Waals surface area (Å²) in [6.07, 6.45) is 0. The molecule has 0 saturated carbocycles. The summed E-state index contributed by atoms with van der Waals surface area (Å²) in [6.45, 7) is -1.47. The van der Waals surface area contributed by atoms with Crippen molar-refractivity contribution < 1.29 is 23.0 Å². The number of nitriles is 1. The van der Waals surface area contributed by atoms with Crippen LogP contribution in [0.4, 0.5) is 8.78 Å². The van der Waals surface area contributed by atoms with Gasteiger partial charge in [-0.3, -0.25) is 4.79 Å². The Hall–Kier alpha value is -3.47. The Labute approximate surface area is 148 Å². The van der Waals surface area contributed by atoms with Crippen LogP contribution in [0.3, 0.4) is 0 Å². The van der Waals surface area contributed by atoms with Crippen molar-refractivity contribution in [3.63, 3.8) is 0 Å². The quantitative estimate of drug-likeness (QED) is 0.608. The Bertz CT molecular complexity index is 813. The van der Waals surface area contributed by atoms with E-state index in [2.05, 4.69) is 15.3 Å². The zero-order valence-electron chi connectivity index (χ0n) is 13.8. The van der Waals surface area contributed by atoms with Gasteiger partial charge >= 0.3 is 6.61 Å². The molecule has 2 rings (SSSR count). The summed E-state index contributed by atoms with van der Waals surface area (Å²) >= 11 is 0. The number of carbonyl (C=O) groups is 1. The third-order valence-corrected chi connectivity index (χ3v) is 3.20. The lowest BCUT2D eigenvalue weighted by atomic mass is 10.1. The second-order valence-electron chi connectivity index (χ2n) is 5.06. The molecule has 0 aromatic heterocycles. The molecule has 0 heterocycles. The molecule has 0 aliphatic rings. The average Bonchev–Trinajstić information content (AvgIpc) is 2.65. The first-order chi connectivity index (χ1) is 12.5. The van der Waals surface area contributed by atoms with Crippen molar-refractivity contribution in [2.45, 2.75) is 13.5 Å². The van der Waals surface area contributed by atoms with Crippen LogP contribution in [0.5, 0.6) is 11.5 Å². The van der Waals surface area contributed by atoms with E-state index < -0.39 is 12.5 Å². The van der Waals surface area contributed by atoms with Crippen molar-refractivity contribution in [2.75, 3.05) is 6.61 Å². The van der Waals surface area contributed by atoms with E-state index >= 15 is 0 Å². The summed E-state index contributed by atoms with van der Waals surface area (Å²) in [5.41, 5.74) is 3.96. The first kappa shape index (κ1) is 18.9. The second kappa shape index (κ2) is 9.13. The Morgan fingerprint density at radius 1 is 1.15 bits per heavy atom. The number of carbonyl (C=O) groups excluding carboxylic acids is 1. The molecule has 0 radical (unpaired) electrons. The fourth-order valence-electron chi connectivity index (χ4n) is 1.90. The molecule has 2 aromatic rings. The maximum Gasteiger partial charge on any atom is 0.387 e. The van der Waals surface area contributed by atoms with Crippen LogP contribution >= 0.6 is 0 Å². The number of halogens is 2. The highest BCUT2D eigenvalue weighted by Gasteiger charge is 2.06. The molecule has 26 heavy (non-hydrogen) atoms. The van der Waals surface area contributed by atoms with Crippen LogP contribution in [0.1, 0.15) is 18.1 Å². The van der Waals surface area contributed by atoms with Gasteiger partial charge in [-0.05, 0) is 61.0 Å². The first-order valence-electron chi connectivity index (χ1n) is 7.49. The highest BCUT2D eigenvalue weighted by atomic mass is 19.3. The van der Waals surface area contributed by atoms with Gasteiger partial charge in [-0.15, -0.1) is 0 Å². The van der Waals surface area contributed by atoms with Gasteiger partial charge < -0.3 is 9.47 Å². The van der Waals surface area contributed by atoms with Crippen molar-refractivity contribution in [2.24, 2.45) is 5.10 Å². The van der Waals surface area contributed by atoms with Gasteiger partial charge in [-0.25, -0.2) is 5.43 Å². The monoisotopic (exact) mass is 359 g/mol. The zero-order valence-corrected chi connectivity index (χ0v) is 13.8. The van der Waals surface area contributed by atoms with Crippen molar-refractivity contribution in [1.82, 2.24) is 5.43 Å². The molecular formula is C18H15F2N3O3. The molecule has 0 spiro atoms. The van der Waals surface area contributed by atoms with E-state index in [1.165, 1.54) is 12.1 Å². The summed E-state index contributed by atoms with van der Waals surface area (Å²) in [7, 11) is 0. The van der Waals surface area contributed by atoms with E-state index in [1.54, 1.807) is 43.3 Å². The molecule has 1 N–H and O–H groups in total. The van der Waals surface area contributed by atoms with Gasteiger partial charge in [-0.2, -0.15) is 19.1 Å². The van der Waals surface area contributed by atoms with E-state index in [9.17, 15) is 13.6 Å². The molecule has 0 unspecified atom stereocenters. The van der Waals surface area contributed by atoms with Gasteiger partial charge in [0.15, 0.2) is 6.61 Å². The Kier molecular flexibility index (Phi) is 6.62. The van der Waals surface area contributed by atoms with Gasteiger partial charge in [0.05, 0.1) is 17.3 Å². The molecule has 6 nitrogen and oxygen atoms in total. The smallest absolute Gasteiger partial charge is 0.387 e. The average molecular weight is 359 g/mol. The standard InChI is InChI=1S/C18H15F2N3O3/c1-12(14-4-8-16(9-5-14)26-18(19)20)22-23-17(24)11-25-15-6-2-13(10-21)3-7-15/h2-9,18H,11H2,1H3,(H,23,24)/b22-12+. The summed E-state index contributed by atoms with van der Waals surface area (Å²) in [6, 6.07) is 14.2. The lowest BCUT2D eigenvalue weighted by Crippen LogP contribution is -2.25. The number of nitrogens with one attached hydrogen (secondary N) is 1. The minimum atomic E-state index is -2.88. The normalized spacial score (nSPS) is 11.0. The number of alkyl halides is 2. The van der Waals surface area contributed by atoms with Gasteiger partial charge in [0.25, 0.3) is 5.91 Å². The maximum absolute atomic E-state index is 12.1. The van der Waals surface area contributed by atoms with Crippen molar-refractivity contribution in [1.29, 1.82) is 5.26 Å². The molecule has 0 bridgehead atoms. The highest BCUT2D eigenvalue weighted by molar-refractivity contribution is 5.99. The van der Waals surface area contributed by atoms with Gasteiger partial charge in [-0.1, -0.05) is 0 Å². The third-order valence-electron chi connectivity index (χ3n) is 3.20. The van der Waals surface area contributed by atoms with Gasteiger partial charge in [0.2, 0.25) is 0 Å². The lowest BCUT2D eigenvalue weighted by molar-refractivity contribution is -0.123. The number of amides is 1. The van der Waals surface area contributed by atoms with E-state index in [4.69, 9.17) is 10.00 Å². The predicted octanol–water partition coefficient (Wildman–Crippen LogP) is 3.08. The molecule has 0 atom stereocenters. The molecule has 0 saturated heterocycles. The predicted molar refractivity (Wildman–Crippen MR) is 90.1 cm³/mol. The lowest BCUT2D eigenvalue weighted by Gasteiger charge is -2.07. The minimum Gasteiger partial charge on any atom is -0.484 e. The minimum absolute atomic E-state index is 0.0383. The summed E-state index contributed by atoms with van der Waals surface area (Å²) in [5.74, 6) is 0.0252. The van der Waals surface area contributed by atoms with E-state index in [0.717, 1.165) is 0 Å². The summed E-state index contributed by atoms with van der Waals surface area (Å²) in [4.78, 5) is 11.8. The summed E-state index contributed by atoms with van der Waals surface area (Å²) in [5, 5.41) is 12.6. The molecule has 0 fully saturated rings. The van der Waals surface area contributed by atoms with Crippen molar-refractivity contribution >= 4 is 11.6 Å². The number of hydrazone groups is 1. The van der Waals surface area contributed by atoms with E-state index in [0.29, 0.717) is 22.6 Å². The number of hydrogen-bond acceptors (Lipinski definition) is 5. The number of benzene rings is 2. The van der Waals surface area contributed by atoms with Crippen LogP contribution in [0, 0.1) is 11.3 Å². The van der Waals surface area contributed by atoms with Crippen LogP contribution in [0.15, 0.2) is 53.6 Å². The van der Waals surface area contributed by atoms with Gasteiger partial charge in [0.1, 0.15) is 11.5 Å². The third kappa shape index (κ3) is 5.87. The van der Waals surface area contributed by atoms with Crippen LogP contribution in [-0.4, -0.2) is 24.8 Å². The molecule has 0 aliphatic heterocycles. The largest absolute Gasteiger partial charge is 0.484 e. The van der Waals surface area contributed by atoms with Crippen LogP contribution < -0.4 is 14.9 Å². The molecule has 134 valence electrons. The zero-order chi connectivity index (χ0) is 18.9. The molecule has 2 aromatic carbocycles. The van der Waals surface area contributed by atoms with Crippen molar-refractivity contribution in [3.8, 4) is 17.6 Å². The van der Waals surface area contributed by atoms with E-state index in [1.807, 2.05) is 6.07 Å². The Balaban J connectivity index is 1.85. The molecule has 8 heteroatoms. The van der Waals surface area contributed by atoms with Gasteiger partial charge in [0, 0.05) is 0 Å². The van der Waals surface area contributed by atoms with Crippen LogP contribution in [0.2, 0.25) is 0 Å². The topological polar surface area (TPSA) is 83.7 Å². The van der Waals surface area contributed by atoms with Crippen LogP contribution in [0.25, 0.3) is 0 Å². The fourth-order valence-corrected chi connectivity index (χ4v) is 1.90. The SMILES string of the molecule is C/C(=N\NC(=O)COc1ccc(C#N)cc1)c1ccc(OC(F)F)cc1. The number of hydrogen-bond donors (Lipinski definition) is 1. The number of ether oxygens (including phenoxy) is 2.